The van der Waals surface area contributed by atoms with E-state index in [1.165, 1.54) is 11.3 Å². The summed E-state index contributed by atoms with van der Waals surface area (Å²) in [7, 11) is 3.36. The highest BCUT2D eigenvalue weighted by molar-refractivity contribution is 6.08. The molecule has 0 heterocycles. The molecular formula is C28H37N3O5. The van der Waals surface area contributed by atoms with Crippen molar-refractivity contribution in [2.75, 3.05) is 39.2 Å². The van der Waals surface area contributed by atoms with Crippen LogP contribution in [0.15, 0.2) is 42.5 Å². The average Bonchev–Trinajstić information content (AvgIpc) is 2.89. The number of amides is 3. The van der Waals surface area contributed by atoms with E-state index >= 15 is 0 Å². The largest absolute Gasteiger partial charge is 0.490 e. The minimum atomic E-state index is -0.382. The van der Waals surface area contributed by atoms with Crippen LogP contribution in [0.25, 0.3) is 0 Å². The Kier molecular flexibility index (Phi) is 9.73. The second-order valence-electron chi connectivity index (χ2n) is 8.99. The van der Waals surface area contributed by atoms with Crippen LogP contribution in [0.5, 0.6) is 11.5 Å². The molecule has 3 amide bonds. The van der Waals surface area contributed by atoms with E-state index in [0.717, 1.165) is 25.7 Å². The second-order valence-corrected chi connectivity index (χ2v) is 8.99. The second kappa shape index (κ2) is 13.0. The fraction of sp³-hybridized carbons (Fsp3) is 0.464. The normalized spacial score (nSPS) is 13.6. The monoisotopic (exact) mass is 495 g/mol. The third-order valence-corrected chi connectivity index (χ3v) is 6.39. The van der Waals surface area contributed by atoms with Crippen molar-refractivity contribution in [3.63, 3.8) is 0 Å². The predicted octanol–water partition coefficient (Wildman–Crippen LogP) is 4.60. The van der Waals surface area contributed by atoms with Gasteiger partial charge in [0.1, 0.15) is 0 Å². The molecule has 194 valence electrons. The first kappa shape index (κ1) is 27.0. The molecule has 8 nitrogen and oxygen atoms in total. The van der Waals surface area contributed by atoms with Crippen LogP contribution < -0.4 is 14.8 Å². The maximum absolute atomic E-state index is 13.3. The number of benzene rings is 2. The number of hydrogen-bond donors (Lipinski definition) is 1. The molecule has 0 bridgehead atoms. The summed E-state index contributed by atoms with van der Waals surface area (Å²) in [5.41, 5.74) is 1.19. The van der Waals surface area contributed by atoms with Crippen LogP contribution in [0.2, 0.25) is 0 Å². The summed E-state index contributed by atoms with van der Waals surface area (Å²) in [6.45, 7) is 4.55. The Morgan fingerprint density at radius 2 is 1.47 bits per heavy atom. The van der Waals surface area contributed by atoms with Gasteiger partial charge in [-0.05, 0) is 51.0 Å². The number of nitrogens with zero attached hydrogens (tertiary/aromatic N) is 2. The molecule has 2 aromatic carbocycles. The average molecular weight is 496 g/mol. The van der Waals surface area contributed by atoms with E-state index in [1.807, 2.05) is 20.9 Å². The summed E-state index contributed by atoms with van der Waals surface area (Å²) in [5, 5.41) is 2.80. The standard InChI is InChI=1S/C28H37N3O5/c1-5-35-24-17-16-20(18-25(24)36-6-2)29-26(32)19-30(3)27(33)22-14-10-11-15-23(22)28(34)31(4)21-12-8-7-9-13-21/h10-11,14-18,21H,5-9,12-13,19H2,1-4H3,(H,29,32). The molecule has 0 aromatic heterocycles. The Labute approximate surface area is 213 Å². The zero-order valence-corrected chi connectivity index (χ0v) is 21.7. The van der Waals surface area contributed by atoms with Gasteiger partial charge in [0.15, 0.2) is 11.5 Å². The molecule has 0 unspecified atom stereocenters. The fourth-order valence-corrected chi connectivity index (χ4v) is 4.50. The highest BCUT2D eigenvalue weighted by atomic mass is 16.5. The molecule has 36 heavy (non-hydrogen) atoms. The van der Waals surface area contributed by atoms with E-state index in [4.69, 9.17) is 9.47 Å². The Balaban J connectivity index is 1.68. The first-order chi connectivity index (χ1) is 17.3. The van der Waals surface area contributed by atoms with Gasteiger partial charge in [0.05, 0.1) is 30.9 Å². The lowest BCUT2D eigenvalue weighted by atomic mass is 9.93. The van der Waals surface area contributed by atoms with Gasteiger partial charge in [0.25, 0.3) is 11.8 Å². The van der Waals surface area contributed by atoms with Gasteiger partial charge in [-0.3, -0.25) is 14.4 Å². The minimum absolute atomic E-state index is 0.165. The Morgan fingerprint density at radius 3 is 2.11 bits per heavy atom. The quantitative estimate of drug-likeness (QED) is 0.521. The Morgan fingerprint density at radius 1 is 0.861 bits per heavy atom. The maximum Gasteiger partial charge on any atom is 0.254 e. The summed E-state index contributed by atoms with van der Waals surface area (Å²) in [6, 6.07) is 12.2. The van der Waals surface area contributed by atoms with Crippen LogP contribution in [0.3, 0.4) is 0 Å². The van der Waals surface area contributed by atoms with Gasteiger partial charge in [-0.15, -0.1) is 0 Å². The summed E-state index contributed by atoms with van der Waals surface area (Å²) in [4.78, 5) is 42.3. The third kappa shape index (κ3) is 6.77. The maximum atomic E-state index is 13.3. The molecule has 0 radical (unpaired) electrons. The Bertz CT molecular complexity index is 1060. The molecule has 0 aliphatic heterocycles. The number of carbonyl (C=O) groups excluding carboxylic acids is 3. The van der Waals surface area contributed by atoms with Crippen LogP contribution in [-0.2, 0) is 4.79 Å². The number of carbonyl (C=O) groups is 3. The van der Waals surface area contributed by atoms with E-state index in [1.54, 1.807) is 54.4 Å². The van der Waals surface area contributed by atoms with Crippen molar-refractivity contribution in [3.8, 4) is 11.5 Å². The topological polar surface area (TPSA) is 88.2 Å². The van der Waals surface area contributed by atoms with Crippen LogP contribution in [0, 0.1) is 0 Å². The van der Waals surface area contributed by atoms with E-state index in [0.29, 0.717) is 41.5 Å². The Hall–Kier alpha value is -3.55. The highest BCUT2D eigenvalue weighted by Crippen LogP contribution is 2.30. The van der Waals surface area contributed by atoms with Crippen molar-refractivity contribution in [2.45, 2.75) is 52.0 Å². The fourth-order valence-electron chi connectivity index (χ4n) is 4.50. The lowest BCUT2D eigenvalue weighted by Crippen LogP contribution is -2.40. The molecule has 3 rings (SSSR count). The summed E-state index contributed by atoms with van der Waals surface area (Å²) in [6.07, 6.45) is 5.39. The number of likely N-dealkylation sites (N-methyl/N-ethyl adjacent to an activating group) is 1. The molecule has 1 aliphatic carbocycles. The SMILES string of the molecule is CCOc1ccc(NC(=O)CN(C)C(=O)c2ccccc2C(=O)N(C)C2CCCCC2)cc1OCC. The molecule has 0 spiro atoms. The van der Waals surface area contributed by atoms with Crippen molar-refractivity contribution < 1.29 is 23.9 Å². The van der Waals surface area contributed by atoms with Gasteiger partial charge >= 0.3 is 0 Å². The van der Waals surface area contributed by atoms with E-state index < -0.39 is 0 Å². The summed E-state index contributed by atoms with van der Waals surface area (Å²) >= 11 is 0. The van der Waals surface area contributed by atoms with E-state index in [-0.39, 0.29) is 30.3 Å². The molecule has 1 aliphatic rings. The van der Waals surface area contributed by atoms with Crippen LogP contribution in [0.4, 0.5) is 5.69 Å². The number of rotatable bonds is 10. The number of anilines is 1. The number of ether oxygens (including phenoxy) is 2. The van der Waals surface area contributed by atoms with Crippen molar-refractivity contribution >= 4 is 23.4 Å². The zero-order chi connectivity index (χ0) is 26.1. The zero-order valence-electron chi connectivity index (χ0n) is 21.7. The number of hydrogen-bond acceptors (Lipinski definition) is 5. The van der Waals surface area contributed by atoms with Gasteiger partial charge in [-0.2, -0.15) is 0 Å². The first-order valence-corrected chi connectivity index (χ1v) is 12.7. The van der Waals surface area contributed by atoms with Crippen LogP contribution in [-0.4, -0.2) is 67.4 Å². The van der Waals surface area contributed by atoms with E-state index in [9.17, 15) is 14.4 Å². The minimum Gasteiger partial charge on any atom is -0.490 e. The van der Waals surface area contributed by atoms with Crippen LogP contribution in [0.1, 0.15) is 66.7 Å². The van der Waals surface area contributed by atoms with E-state index in [2.05, 4.69) is 5.32 Å². The molecule has 0 saturated heterocycles. The first-order valence-electron chi connectivity index (χ1n) is 12.7. The molecule has 8 heteroatoms. The predicted molar refractivity (Wildman–Crippen MR) is 140 cm³/mol. The van der Waals surface area contributed by atoms with Gasteiger partial charge in [0.2, 0.25) is 5.91 Å². The van der Waals surface area contributed by atoms with Gasteiger partial charge < -0.3 is 24.6 Å². The lowest BCUT2D eigenvalue weighted by molar-refractivity contribution is -0.116. The smallest absolute Gasteiger partial charge is 0.254 e. The van der Waals surface area contributed by atoms with Crippen molar-refractivity contribution in [1.29, 1.82) is 0 Å². The van der Waals surface area contributed by atoms with Crippen molar-refractivity contribution in [3.05, 3.63) is 53.6 Å². The summed E-state index contributed by atoms with van der Waals surface area (Å²) < 4.78 is 11.2. The lowest BCUT2D eigenvalue weighted by Gasteiger charge is -2.31. The number of nitrogens with one attached hydrogen (secondary N) is 1. The van der Waals surface area contributed by atoms with Crippen molar-refractivity contribution in [2.24, 2.45) is 0 Å². The third-order valence-electron chi connectivity index (χ3n) is 6.39. The van der Waals surface area contributed by atoms with Crippen LogP contribution >= 0.6 is 0 Å². The molecule has 1 N–H and O–H groups in total. The van der Waals surface area contributed by atoms with Gasteiger partial charge in [-0.25, -0.2) is 0 Å². The molecule has 0 atom stereocenters. The van der Waals surface area contributed by atoms with Crippen molar-refractivity contribution in [1.82, 2.24) is 9.80 Å². The van der Waals surface area contributed by atoms with Gasteiger partial charge in [-0.1, -0.05) is 31.4 Å². The molecule has 1 saturated carbocycles. The molecular weight excluding hydrogens is 458 g/mol. The summed E-state index contributed by atoms with van der Waals surface area (Å²) in [5.74, 6) is 0.232. The molecule has 2 aromatic rings. The molecule has 1 fully saturated rings. The van der Waals surface area contributed by atoms with Gasteiger partial charge in [0, 0.05) is 31.9 Å². The highest BCUT2D eigenvalue weighted by Gasteiger charge is 2.27.